The summed E-state index contributed by atoms with van der Waals surface area (Å²) in [5.74, 6) is 0.192. The highest BCUT2D eigenvalue weighted by Crippen LogP contribution is 2.38. The van der Waals surface area contributed by atoms with Crippen LogP contribution in [-0.2, 0) is 15.8 Å². The molecule has 1 amide bonds. The molecule has 1 aliphatic carbocycles. The fourth-order valence-corrected chi connectivity index (χ4v) is 6.21. The van der Waals surface area contributed by atoms with Gasteiger partial charge in [-0.3, -0.25) is 4.79 Å². The Kier molecular flexibility index (Phi) is 13.9. The molecule has 0 spiro atoms. The third-order valence-corrected chi connectivity index (χ3v) is 8.93. The first-order valence-corrected chi connectivity index (χ1v) is 14.7. The van der Waals surface area contributed by atoms with Gasteiger partial charge in [-0.2, -0.15) is 0 Å². The highest BCUT2D eigenvalue weighted by Gasteiger charge is 2.40. The van der Waals surface area contributed by atoms with Crippen LogP contribution in [-0.4, -0.2) is 56.4 Å². The van der Waals surface area contributed by atoms with E-state index in [0.717, 1.165) is 49.8 Å². The Hall–Kier alpha value is -1.70. The summed E-state index contributed by atoms with van der Waals surface area (Å²) in [5, 5.41) is 8.80. The van der Waals surface area contributed by atoms with Gasteiger partial charge in [0.25, 0.3) is 0 Å². The predicted molar refractivity (Wildman–Crippen MR) is 156 cm³/mol. The molecule has 8 heteroatoms. The van der Waals surface area contributed by atoms with E-state index in [4.69, 9.17) is 28.3 Å². The zero-order valence-corrected chi connectivity index (χ0v) is 24.4. The summed E-state index contributed by atoms with van der Waals surface area (Å²) in [5.41, 5.74) is 1.12. The van der Waals surface area contributed by atoms with Crippen LogP contribution in [0.3, 0.4) is 0 Å². The molecule has 1 N–H and O–H groups in total. The SMILES string of the molecule is C=CCC1CCC(c2ccc(Cl)cc2)N(C(CC)CN(C)S(=O)C2CC2)C1=O.CO.Clc1ccccc1. The lowest BCUT2D eigenvalue weighted by atomic mass is 9.85. The number of allylic oxidation sites excluding steroid dienone is 1. The summed E-state index contributed by atoms with van der Waals surface area (Å²) < 4.78 is 14.5. The van der Waals surface area contributed by atoms with Crippen LogP contribution in [0.4, 0.5) is 0 Å². The molecule has 37 heavy (non-hydrogen) atoms. The highest BCUT2D eigenvalue weighted by molar-refractivity contribution is 7.83. The number of rotatable bonds is 9. The molecule has 0 aromatic heterocycles. The first-order chi connectivity index (χ1) is 17.8. The number of carbonyl (C=O) groups is 1. The number of carbonyl (C=O) groups excluding carboxylic acids is 1. The lowest BCUT2D eigenvalue weighted by Crippen LogP contribution is -2.52. The fraction of sp³-hybridized carbons (Fsp3) is 0.483. The van der Waals surface area contributed by atoms with Crippen molar-refractivity contribution in [2.45, 2.75) is 62.8 Å². The summed E-state index contributed by atoms with van der Waals surface area (Å²) in [7, 11) is 1.97. The first kappa shape index (κ1) is 31.5. The van der Waals surface area contributed by atoms with Crippen molar-refractivity contribution in [3.8, 4) is 0 Å². The second kappa shape index (κ2) is 16.3. The molecule has 204 valence electrons. The molecule has 4 atom stereocenters. The second-order valence-corrected chi connectivity index (χ2v) is 12.0. The number of aliphatic hydroxyl groups is 1. The molecule has 1 saturated carbocycles. The number of likely N-dealkylation sites (N-methyl/N-ethyl adjacent to an activating group) is 1. The Labute approximate surface area is 235 Å². The lowest BCUT2D eigenvalue weighted by Gasteiger charge is -2.45. The lowest BCUT2D eigenvalue weighted by molar-refractivity contribution is -0.145. The van der Waals surface area contributed by atoms with Crippen LogP contribution in [0.5, 0.6) is 0 Å². The zero-order chi connectivity index (χ0) is 27.4. The average Bonchev–Trinajstić information content (AvgIpc) is 3.76. The van der Waals surface area contributed by atoms with Gasteiger partial charge in [0.05, 0.1) is 17.0 Å². The molecule has 1 saturated heterocycles. The molecule has 5 nitrogen and oxygen atoms in total. The normalized spacial score (nSPS) is 20.7. The van der Waals surface area contributed by atoms with Gasteiger partial charge in [-0.05, 0) is 75.4 Å². The molecule has 2 aromatic carbocycles. The van der Waals surface area contributed by atoms with E-state index in [1.165, 1.54) is 0 Å². The van der Waals surface area contributed by atoms with Crippen LogP contribution in [0.1, 0.15) is 57.1 Å². The highest BCUT2D eigenvalue weighted by atomic mass is 35.5. The molecule has 1 aliphatic heterocycles. The molecule has 2 aromatic rings. The van der Waals surface area contributed by atoms with Gasteiger partial charge >= 0.3 is 0 Å². The van der Waals surface area contributed by atoms with E-state index < -0.39 is 11.0 Å². The first-order valence-electron chi connectivity index (χ1n) is 12.8. The van der Waals surface area contributed by atoms with Crippen molar-refractivity contribution >= 4 is 40.1 Å². The number of benzene rings is 2. The maximum absolute atomic E-state index is 13.4. The van der Waals surface area contributed by atoms with E-state index in [2.05, 4.69) is 18.4 Å². The van der Waals surface area contributed by atoms with Crippen molar-refractivity contribution in [2.75, 3.05) is 20.7 Å². The van der Waals surface area contributed by atoms with Crippen molar-refractivity contribution in [1.82, 2.24) is 9.21 Å². The number of aliphatic hydroxyl groups excluding tert-OH is 1. The van der Waals surface area contributed by atoms with Gasteiger partial charge in [-0.15, -0.1) is 6.58 Å². The standard InChI is InChI=1S/C22H31ClN2O2S.C6H5Cl.CH4O/c1-4-6-17-9-14-21(16-7-10-18(23)11-8-16)25(22(17)26)19(5-2)15-24(3)28(27)20-12-13-20;7-6-4-2-1-3-5-6;1-2/h4,7-8,10-11,17,19-21H,1,5-6,9,12-15H2,2-3H3;1-5H;2H,1H3. The van der Waals surface area contributed by atoms with Crippen LogP contribution >= 0.6 is 23.2 Å². The van der Waals surface area contributed by atoms with Crippen LogP contribution < -0.4 is 0 Å². The minimum absolute atomic E-state index is 0.00524. The summed E-state index contributed by atoms with van der Waals surface area (Å²) >= 11 is 11.6. The summed E-state index contributed by atoms with van der Waals surface area (Å²) in [6.07, 6.45) is 7.29. The third-order valence-electron chi connectivity index (χ3n) is 6.62. The summed E-state index contributed by atoms with van der Waals surface area (Å²) in [6, 6.07) is 17.4. The molecule has 0 bridgehead atoms. The number of hydrogen-bond acceptors (Lipinski definition) is 3. The molecular formula is C29H40Cl2N2O3S. The Morgan fingerprint density at radius 1 is 1.05 bits per heavy atom. The quantitative estimate of drug-likeness (QED) is 0.344. The number of nitrogens with zero attached hydrogens (tertiary/aromatic N) is 2. The van der Waals surface area contributed by atoms with E-state index in [-0.39, 0.29) is 23.9 Å². The molecule has 4 unspecified atom stereocenters. The molecule has 0 radical (unpaired) electrons. The van der Waals surface area contributed by atoms with E-state index in [9.17, 15) is 9.00 Å². The van der Waals surface area contributed by atoms with Gasteiger partial charge in [0, 0.05) is 40.9 Å². The van der Waals surface area contributed by atoms with E-state index in [1.807, 2.05) is 72.0 Å². The van der Waals surface area contributed by atoms with Gasteiger partial charge in [0.1, 0.15) is 0 Å². The van der Waals surface area contributed by atoms with Crippen molar-refractivity contribution < 1.29 is 14.1 Å². The fourth-order valence-electron chi connectivity index (χ4n) is 4.58. The van der Waals surface area contributed by atoms with Crippen molar-refractivity contribution in [3.63, 3.8) is 0 Å². The van der Waals surface area contributed by atoms with Gasteiger partial charge in [-0.25, -0.2) is 8.51 Å². The van der Waals surface area contributed by atoms with Crippen molar-refractivity contribution in [2.24, 2.45) is 5.92 Å². The second-order valence-electron chi connectivity index (χ2n) is 9.26. The van der Waals surface area contributed by atoms with Crippen LogP contribution in [0.25, 0.3) is 0 Å². The van der Waals surface area contributed by atoms with E-state index in [1.54, 1.807) is 0 Å². The monoisotopic (exact) mass is 566 g/mol. The van der Waals surface area contributed by atoms with E-state index >= 15 is 0 Å². The maximum Gasteiger partial charge on any atom is 0.226 e. The number of piperidine rings is 1. The minimum Gasteiger partial charge on any atom is -0.400 e. The van der Waals surface area contributed by atoms with Crippen molar-refractivity contribution in [1.29, 1.82) is 0 Å². The topological polar surface area (TPSA) is 60.9 Å². The minimum atomic E-state index is -0.952. The average molecular weight is 568 g/mol. The Morgan fingerprint density at radius 2 is 1.65 bits per heavy atom. The third kappa shape index (κ3) is 9.52. The zero-order valence-electron chi connectivity index (χ0n) is 22.1. The predicted octanol–water partition coefficient (Wildman–Crippen LogP) is 6.68. The number of hydrogen-bond donors (Lipinski definition) is 1. The number of amides is 1. The summed E-state index contributed by atoms with van der Waals surface area (Å²) in [6.45, 7) is 6.58. The smallest absolute Gasteiger partial charge is 0.226 e. The van der Waals surface area contributed by atoms with Crippen LogP contribution in [0.2, 0.25) is 10.0 Å². The summed E-state index contributed by atoms with van der Waals surface area (Å²) in [4.78, 5) is 15.5. The Balaban J connectivity index is 0.000000455. The van der Waals surface area contributed by atoms with E-state index in [0.29, 0.717) is 23.2 Å². The van der Waals surface area contributed by atoms with Gasteiger partial charge < -0.3 is 10.0 Å². The maximum atomic E-state index is 13.4. The molecule has 2 fully saturated rings. The van der Waals surface area contributed by atoms with Crippen molar-refractivity contribution in [3.05, 3.63) is 82.9 Å². The van der Waals surface area contributed by atoms with Crippen LogP contribution in [0, 0.1) is 5.92 Å². The number of halogens is 2. The van der Waals surface area contributed by atoms with Gasteiger partial charge in [0.2, 0.25) is 5.91 Å². The largest absolute Gasteiger partial charge is 0.400 e. The molecular weight excluding hydrogens is 527 g/mol. The molecule has 1 heterocycles. The van der Waals surface area contributed by atoms with Gasteiger partial charge in [0.15, 0.2) is 0 Å². The van der Waals surface area contributed by atoms with Crippen LogP contribution in [0.15, 0.2) is 67.3 Å². The molecule has 4 rings (SSSR count). The Bertz CT molecular complexity index is 986. The molecule has 2 aliphatic rings. The Morgan fingerprint density at radius 3 is 2.14 bits per heavy atom. The number of likely N-dealkylation sites (tertiary alicyclic amines) is 1. The van der Waals surface area contributed by atoms with Gasteiger partial charge in [-0.1, -0.05) is 66.5 Å².